The van der Waals surface area contributed by atoms with Crippen LogP contribution in [0, 0.1) is 6.92 Å². The molecule has 0 bridgehead atoms. The standard InChI is InChI=1S/C27H29N3O5S2.C4H10O.C2H6/c1-18-23(13-14-27(28-18)33-15-4-16-36-2)35-24-6-3-5-21-22(24)11-12-25(21)34-20-9-7-19(8-10-20)30-17-26(31)29-37(30)32;1-4(2,3)5;1-2/h3,5-10,13-14,25H,4,11-12,15-17H2,1-2H3,(H,29,31);5H,1-3H3;1-2H3. The van der Waals surface area contributed by atoms with Crippen molar-refractivity contribution in [2.45, 2.75) is 72.5 Å². The minimum atomic E-state index is -1.54. The van der Waals surface area contributed by atoms with Crippen molar-refractivity contribution in [3.63, 3.8) is 0 Å². The van der Waals surface area contributed by atoms with Gasteiger partial charge < -0.3 is 19.3 Å². The molecule has 1 amide bonds. The molecule has 0 spiro atoms. The van der Waals surface area contributed by atoms with Gasteiger partial charge in [0.25, 0.3) is 5.91 Å². The summed E-state index contributed by atoms with van der Waals surface area (Å²) in [7, 11) is 0. The van der Waals surface area contributed by atoms with E-state index in [1.807, 2.05) is 69.3 Å². The van der Waals surface area contributed by atoms with Gasteiger partial charge in [-0.2, -0.15) is 11.8 Å². The lowest BCUT2D eigenvalue weighted by molar-refractivity contribution is -0.117. The third-order valence-electron chi connectivity index (χ3n) is 6.24. The Kier molecular flexibility index (Phi) is 13.4. The molecule has 1 saturated heterocycles. The van der Waals surface area contributed by atoms with Crippen LogP contribution in [-0.2, 0) is 22.4 Å². The Morgan fingerprint density at radius 2 is 1.80 bits per heavy atom. The minimum absolute atomic E-state index is 0.0779. The van der Waals surface area contributed by atoms with Gasteiger partial charge in [-0.25, -0.2) is 9.19 Å². The second-order valence-corrected chi connectivity index (χ2v) is 13.1. The van der Waals surface area contributed by atoms with Gasteiger partial charge in [0.05, 0.1) is 23.6 Å². The number of rotatable bonds is 10. The van der Waals surface area contributed by atoms with Gasteiger partial charge in [-0.05, 0) is 101 Å². The molecule has 3 aromatic rings. The number of pyridine rings is 1. The van der Waals surface area contributed by atoms with E-state index in [2.05, 4.69) is 22.0 Å². The van der Waals surface area contributed by atoms with Crippen molar-refractivity contribution in [3.8, 4) is 23.1 Å². The SMILES string of the molecule is CC.CC(C)(C)O.CSCCCOc1ccc(Oc2cccc3c2CCC3Oc2ccc(N3CC(=O)NS3=O)cc2)c(C)n1. The molecule has 2 aromatic carbocycles. The van der Waals surface area contributed by atoms with E-state index >= 15 is 0 Å². The molecule has 9 nitrogen and oxygen atoms in total. The van der Waals surface area contributed by atoms with Gasteiger partial charge in [0.15, 0.2) is 0 Å². The summed E-state index contributed by atoms with van der Waals surface area (Å²) < 4.78 is 34.3. The number of anilines is 1. The maximum absolute atomic E-state index is 12.0. The van der Waals surface area contributed by atoms with Gasteiger partial charge in [0.2, 0.25) is 17.1 Å². The van der Waals surface area contributed by atoms with Gasteiger partial charge in [0, 0.05) is 11.6 Å². The first-order valence-electron chi connectivity index (χ1n) is 14.9. The number of aliphatic hydroxyl groups is 1. The van der Waals surface area contributed by atoms with Crippen LogP contribution < -0.4 is 23.2 Å². The van der Waals surface area contributed by atoms with E-state index in [1.54, 1.807) is 32.5 Å². The number of hydrogen-bond acceptors (Lipinski definition) is 8. The third kappa shape index (κ3) is 10.4. The Morgan fingerprint density at radius 3 is 2.41 bits per heavy atom. The van der Waals surface area contributed by atoms with Crippen molar-refractivity contribution in [1.29, 1.82) is 0 Å². The average Bonchev–Trinajstić information content (AvgIpc) is 3.55. The normalized spacial score (nSPS) is 17.0. The molecular formula is C33H45N3O6S2. The quantitative estimate of drug-likeness (QED) is 0.235. The van der Waals surface area contributed by atoms with E-state index in [0.29, 0.717) is 29.7 Å². The summed E-state index contributed by atoms with van der Waals surface area (Å²) in [5.74, 6) is 3.66. The topological polar surface area (TPSA) is 110 Å². The third-order valence-corrected chi connectivity index (χ3v) is 8.08. The number of benzene rings is 2. The van der Waals surface area contributed by atoms with Crippen LogP contribution in [0.2, 0.25) is 0 Å². The summed E-state index contributed by atoms with van der Waals surface area (Å²) in [6, 6.07) is 17.1. The van der Waals surface area contributed by atoms with Gasteiger partial charge in [-0.3, -0.25) is 13.8 Å². The number of carbonyl (C=O) groups excluding carboxylic acids is 1. The lowest BCUT2D eigenvalue weighted by atomic mass is 10.1. The van der Waals surface area contributed by atoms with E-state index in [-0.39, 0.29) is 18.6 Å². The van der Waals surface area contributed by atoms with Gasteiger partial charge in [0.1, 0.15) is 29.9 Å². The van der Waals surface area contributed by atoms with Crippen molar-refractivity contribution in [2.24, 2.45) is 0 Å². The van der Waals surface area contributed by atoms with Crippen LogP contribution in [0.15, 0.2) is 54.6 Å². The number of amides is 1. The summed E-state index contributed by atoms with van der Waals surface area (Å²) in [6.45, 7) is 11.9. The van der Waals surface area contributed by atoms with E-state index < -0.39 is 16.8 Å². The first kappa shape index (κ1) is 35.2. The summed E-state index contributed by atoms with van der Waals surface area (Å²) >= 11 is 0.265. The summed E-state index contributed by atoms with van der Waals surface area (Å²) in [5.41, 5.74) is 3.22. The zero-order valence-corrected chi connectivity index (χ0v) is 28.3. The average molecular weight is 644 g/mol. The predicted molar refractivity (Wildman–Crippen MR) is 179 cm³/mol. The van der Waals surface area contributed by atoms with E-state index in [1.165, 1.54) is 4.31 Å². The first-order valence-corrected chi connectivity index (χ1v) is 17.4. The molecule has 2 N–H and O–H groups in total. The molecule has 1 aliphatic heterocycles. The van der Waals surface area contributed by atoms with Crippen molar-refractivity contribution in [1.82, 2.24) is 9.71 Å². The smallest absolute Gasteiger partial charge is 0.253 e. The van der Waals surface area contributed by atoms with Crippen LogP contribution in [0.4, 0.5) is 5.69 Å². The molecule has 5 rings (SSSR count). The number of ether oxygens (including phenoxy) is 3. The number of thioether (sulfide) groups is 1. The van der Waals surface area contributed by atoms with Crippen LogP contribution in [0.3, 0.4) is 0 Å². The maximum Gasteiger partial charge on any atom is 0.253 e. The molecule has 2 aliphatic rings. The fourth-order valence-electron chi connectivity index (χ4n) is 4.43. The van der Waals surface area contributed by atoms with Crippen LogP contribution >= 0.6 is 11.8 Å². The largest absolute Gasteiger partial charge is 0.486 e. The summed E-state index contributed by atoms with van der Waals surface area (Å²) in [5, 5.41) is 8.52. The fraction of sp³-hybridized carbons (Fsp3) is 0.455. The summed E-state index contributed by atoms with van der Waals surface area (Å²) in [6.07, 6.45) is 4.67. The number of aryl methyl sites for hydroxylation is 1. The Labute approximate surface area is 268 Å². The number of nitrogens with one attached hydrogen (secondary N) is 1. The van der Waals surface area contributed by atoms with E-state index in [0.717, 1.165) is 47.6 Å². The fourth-order valence-corrected chi connectivity index (χ4v) is 5.75. The molecule has 44 heavy (non-hydrogen) atoms. The number of carbonyl (C=O) groups is 1. The van der Waals surface area contributed by atoms with Gasteiger partial charge >= 0.3 is 0 Å². The lowest BCUT2D eigenvalue weighted by Gasteiger charge is -2.18. The van der Waals surface area contributed by atoms with Crippen molar-refractivity contribution < 1.29 is 28.3 Å². The molecular weight excluding hydrogens is 599 g/mol. The van der Waals surface area contributed by atoms with Crippen LogP contribution in [0.25, 0.3) is 0 Å². The molecule has 1 fully saturated rings. The second-order valence-electron chi connectivity index (χ2n) is 11.0. The number of fused-ring (bicyclic) bond motifs is 1. The molecule has 0 radical (unpaired) electrons. The van der Waals surface area contributed by atoms with Gasteiger partial charge in [-0.15, -0.1) is 0 Å². The number of hydrogen-bond donors (Lipinski definition) is 2. The molecule has 1 aliphatic carbocycles. The second kappa shape index (κ2) is 16.7. The zero-order valence-electron chi connectivity index (χ0n) is 26.7. The van der Waals surface area contributed by atoms with Crippen molar-refractivity contribution in [3.05, 3.63) is 71.4 Å². The highest BCUT2D eigenvalue weighted by Crippen LogP contribution is 2.41. The molecule has 11 heteroatoms. The number of aromatic nitrogens is 1. The van der Waals surface area contributed by atoms with Crippen molar-refractivity contribution in [2.75, 3.05) is 29.5 Å². The Balaban J connectivity index is 0.000000688. The molecule has 1 aromatic heterocycles. The lowest BCUT2D eigenvalue weighted by Crippen LogP contribution is -2.22. The Bertz CT molecular complexity index is 1390. The van der Waals surface area contributed by atoms with Crippen LogP contribution in [0.1, 0.15) is 70.4 Å². The van der Waals surface area contributed by atoms with Gasteiger partial charge in [-0.1, -0.05) is 26.0 Å². The van der Waals surface area contributed by atoms with E-state index in [4.69, 9.17) is 19.3 Å². The minimum Gasteiger partial charge on any atom is -0.486 e. The zero-order chi connectivity index (χ0) is 32.3. The first-order chi connectivity index (χ1) is 21.0. The summed E-state index contributed by atoms with van der Waals surface area (Å²) in [4.78, 5) is 16.0. The highest BCUT2D eigenvalue weighted by molar-refractivity contribution is 7.98. The monoisotopic (exact) mass is 643 g/mol. The molecule has 240 valence electrons. The Morgan fingerprint density at radius 1 is 1.09 bits per heavy atom. The highest BCUT2D eigenvalue weighted by Gasteiger charge is 2.29. The molecule has 2 heterocycles. The number of nitrogens with zero attached hydrogens (tertiary/aromatic N) is 2. The van der Waals surface area contributed by atoms with Crippen LogP contribution in [0.5, 0.6) is 23.1 Å². The van der Waals surface area contributed by atoms with Crippen molar-refractivity contribution >= 4 is 34.5 Å². The predicted octanol–water partition coefficient (Wildman–Crippen LogP) is 6.70. The highest BCUT2D eigenvalue weighted by atomic mass is 32.2. The maximum atomic E-state index is 12.0. The van der Waals surface area contributed by atoms with E-state index in [9.17, 15) is 9.00 Å². The Hall–Kier alpha value is -3.28. The molecule has 2 atom stereocenters. The molecule has 0 saturated carbocycles. The molecule has 2 unspecified atom stereocenters. The van der Waals surface area contributed by atoms with Crippen LogP contribution in [-0.4, -0.2) is 51.0 Å².